The van der Waals surface area contributed by atoms with Gasteiger partial charge in [0.1, 0.15) is 6.10 Å². The van der Waals surface area contributed by atoms with Gasteiger partial charge in [0, 0.05) is 34.3 Å². The molecule has 7 atom stereocenters. The summed E-state index contributed by atoms with van der Waals surface area (Å²) < 4.78 is 24.9. The number of hydrogen-bond donors (Lipinski definition) is 3. The highest BCUT2D eigenvalue weighted by Crippen LogP contribution is 2.65. The molecule has 1 spiro atoms. The Morgan fingerprint density at radius 1 is 1.18 bits per heavy atom. The van der Waals surface area contributed by atoms with Crippen LogP contribution < -0.4 is 14.8 Å². The number of likely N-dealkylation sites (tertiary alicyclic amines) is 1. The van der Waals surface area contributed by atoms with Crippen LogP contribution >= 0.6 is 11.6 Å². The number of aliphatic hydroxyl groups is 2. The van der Waals surface area contributed by atoms with Crippen molar-refractivity contribution < 1.29 is 34.0 Å². The summed E-state index contributed by atoms with van der Waals surface area (Å²) >= 11 is 6.35. The molecule has 2 saturated heterocycles. The van der Waals surface area contributed by atoms with E-state index in [9.17, 15) is 15.0 Å². The zero-order valence-corrected chi connectivity index (χ0v) is 26.2. The molecule has 0 radical (unpaired) electrons. The molecular formula is C34H41ClN2O7. The van der Waals surface area contributed by atoms with Gasteiger partial charge in [-0.1, -0.05) is 29.8 Å². The predicted molar refractivity (Wildman–Crippen MR) is 162 cm³/mol. The van der Waals surface area contributed by atoms with Crippen LogP contribution in [0.5, 0.6) is 11.5 Å². The number of hydrogen-bond acceptors (Lipinski definition) is 9. The molecule has 10 heteroatoms. The Morgan fingerprint density at radius 3 is 2.75 bits per heavy atom. The second-order valence-corrected chi connectivity index (χ2v) is 15.0. The third-order valence-electron chi connectivity index (χ3n) is 11.2. The standard InChI is InChI=1S/C34H41ClN2O7/c1-19-34(41-18-31(2,3)36-19,22-5-4-6-23(35)16-22)44-30(39)42-25-10-9-21-15-26-33(40)12-11-24(38)29-32(33,27(21)28(25)43-29)13-14-37(26)17-20-7-8-20/h4-6,9-10,16,19-20,24,26,29,36,38,40H,7-8,11-15,17-18H2,1-3H3/t19?,24-,26-,29+,32+,33-,34?/m1/s1. The van der Waals surface area contributed by atoms with Crippen LogP contribution in [0.4, 0.5) is 4.79 Å². The van der Waals surface area contributed by atoms with Gasteiger partial charge in [-0.15, -0.1) is 0 Å². The quantitative estimate of drug-likeness (QED) is 0.329. The van der Waals surface area contributed by atoms with E-state index in [0.29, 0.717) is 47.9 Å². The molecule has 3 N–H and O–H groups in total. The summed E-state index contributed by atoms with van der Waals surface area (Å²) in [5.74, 6) is -0.142. The number of nitrogens with one attached hydrogen (secondary N) is 1. The zero-order chi connectivity index (χ0) is 30.6. The molecular weight excluding hydrogens is 584 g/mol. The molecule has 2 aromatic carbocycles. The molecule has 236 valence electrons. The summed E-state index contributed by atoms with van der Waals surface area (Å²) in [5.41, 5.74) is 0.407. The van der Waals surface area contributed by atoms with Crippen LogP contribution in [0, 0.1) is 5.92 Å². The van der Waals surface area contributed by atoms with Crippen LogP contribution in [0.25, 0.3) is 0 Å². The summed E-state index contributed by atoms with van der Waals surface area (Å²) in [7, 11) is 0. The van der Waals surface area contributed by atoms with Gasteiger partial charge in [-0.2, -0.15) is 0 Å². The molecule has 2 unspecified atom stereocenters. The highest BCUT2D eigenvalue weighted by atomic mass is 35.5. The van der Waals surface area contributed by atoms with Gasteiger partial charge < -0.3 is 34.5 Å². The van der Waals surface area contributed by atoms with Crippen LogP contribution in [0.15, 0.2) is 36.4 Å². The molecule has 3 heterocycles. The van der Waals surface area contributed by atoms with Crippen molar-refractivity contribution in [2.24, 2.45) is 5.92 Å². The molecule has 2 aromatic rings. The fraction of sp³-hybridized carbons (Fsp3) is 0.618. The average Bonchev–Trinajstić information content (AvgIpc) is 3.71. The number of piperidine rings is 1. The van der Waals surface area contributed by atoms with Crippen molar-refractivity contribution in [1.29, 1.82) is 0 Å². The number of rotatable bonds is 5. The summed E-state index contributed by atoms with van der Waals surface area (Å²) in [6.07, 6.45) is 2.53. The third kappa shape index (κ3) is 4.12. The van der Waals surface area contributed by atoms with Crippen molar-refractivity contribution in [3.8, 4) is 11.5 Å². The van der Waals surface area contributed by atoms with E-state index in [1.54, 1.807) is 24.3 Å². The second kappa shape index (κ2) is 9.80. The molecule has 6 aliphatic rings. The van der Waals surface area contributed by atoms with E-state index < -0.39 is 41.2 Å². The number of ether oxygens (including phenoxy) is 4. The molecule has 0 aromatic heterocycles. The van der Waals surface area contributed by atoms with Crippen molar-refractivity contribution in [1.82, 2.24) is 10.2 Å². The number of morpholine rings is 1. The lowest BCUT2D eigenvalue weighted by Crippen LogP contribution is -2.77. The minimum atomic E-state index is -1.49. The monoisotopic (exact) mass is 624 g/mol. The summed E-state index contributed by atoms with van der Waals surface area (Å²) in [4.78, 5) is 16.2. The molecule has 9 nitrogen and oxygen atoms in total. The van der Waals surface area contributed by atoms with Crippen molar-refractivity contribution in [3.05, 3.63) is 58.1 Å². The second-order valence-electron chi connectivity index (χ2n) is 14.5. The molecule has 8 rings (SSSR count). The largest absolute Gasteiger partial charge is 0.516 e. The normalized spacial score (nSPS) is 38.4. The molecule has 44 heavy (non-hydrogen) atoms. The number of benzene rings is 2. The number of halogens is 1. The third-order valence-corrected chi connectivity index (χ3v) is 11.4. The lowest BCUT2D eigenvalue weighted by Gasteiger charge is -2.63. The van der Waals surface area contributed by atoms with Crippen molar-refractivity contribution in [2.75, 3.05) is 19.7 Å². The lowest BCUT2D eigenvalue weighted by atomic mass is 9.48. The molecule has 3 aliphatic heterocycles. The van der Waals surface area contributed by atoms with Crippen LogP contribution in [0.2, 0.25) is 5.02 Å². The van der Waals surface area contributed by atoms with Gasteiger partial charge in [0.2, 0.25) is 0 Å². The lowest BCUT2D eigenvalue weighted by molar-refractivity contribution is -0.265. The Balaban J connectivity index is 1.14. The summed E-state index contributed by atoms with van der Waals surface area (Å²) in [6.45, 7) is 8.06. The molecule has 2 saturated carbocycles. The minimum Gasteiger partial charge on any atom is -0.482 e. The number of carbonyl (C=O) groups is 1. The van der Waals surface area contributed by atoms with Crippen molar-refractivity contribution >= 4 is 17.8 Å². The molecule has 3 aliphatic carbocycles. The summed E-state index contributed by atoms with van der Waals surface area (Å²) in [6, 6.07) is 10.4. The first-order valence-electron chi connectivity index (χ1n) is 16.0. The highest BCUT2D eigenvalue weighted by Gasteiger charge is 2.73. The van der Waals surface area contributed by atoms with Gasteiger partial charge in [-0.25, -0.2) is 4.79 Å². The topological polar surface area (TPSA) is 110 Å². The average molecular weight is 625 g/mol. The maximum absolute atomic E-state index is 13.7. The van der Waals surface area contributed by atoms with Crippen molar-refractivity contribution in [2.45, 2.75) is 106 Å². The Labute approximate surface area is 262 Å². The van der Waals surface area contributed by atoms with Crippen molar-refractivity contribution in [3.63, 3.8) is 0 Å². The van der Waals surface area contributed by atoms with E-state index in [4.69, 9.17) is 30.5 Å². The van der Waals surface area contributed by atoms with Crippen LogP contribution in [0.3, 0.4) is 0 Å². The molecule has 2 bridgehead atoms. The Morgan fingerprint density at radius 2 is 2.00 bits per heavy atom. The van der Waals surface area contributed by atoms with E-state index >= 15 is 0 Å². The Kier molecular flexibility index (Phi) is 6.47. The Hall–Kier alpha value is -2.40. The van der Waals surface area contributed by atoms with Gasteiger partial charge in [0.05, 0.1) is 29.8 Å². The summed E-state index contributed by atoms with van der Waals surface area (Å²) in [5, 5.41) is 27.8. The SMILES string of the molecule is CC1NC(C)(C)COC1(OC(=O)Oc1ccc2c3c1O[C@H]1[C@H](O)CC[C@@]4(O)[C@@H](C2)N(CC2CC2)CC[C@]314)c1cccc(Cl)c1. The van der Waals surface area contributed by atoms with Gasteiger partial charge in [0.15, 0.2) is 11.5 Å². The fourth-order valence-electron chi connectivity index (χ4n) is 9.11. The number of nitrogens with zero attached hydrogens (tertiary/aromatic N) is 1. The van der Waals surface area contributed by atoms with Crippen LogP contribution in [-0.2, 0) is 27.1 Å². The van der Waals surface area contributed by atoms with Gasteiger partial charge in [-0.3, -0.25) is 4.90 Å². The molecule has 4 fully saturated rings. The van der Waals surface area contributed by atoms with E-state index in [1.165, 1.54) is 12.8 Å². The zero-order valence-electron chi connectivity index (χ0n) is 25.5. The molecule has 0 amide bonds. The van der Waals surface area contributed by atoms with Gasteiger partial charge >= 0.3 is 6.16 Å². The first kappa shape index (κ1) is 29.0. The van der Waals surface area contributed by atoms with E-state index in [1.807, 2.05) is 32.9 Å². The first-order valence-corrected chi connectivity index (χ1v) is 16.4. The van der Waals surface area contributed by atoms with Gasteiger partial charge in [-0.05, 0) is 95.5 Å². The number of carbonyl (C=O) groups excluding carboxylic acids is 1. The van der Waals surface area contributed by atoms with Gasteiger partial charge in [0.25, 0.3) is 5.79 Å². The van der Waals surface area contributed by atoms with Crippen LogP contribution in [-0.4, -0.2) is 76.4 Å². The maximum Gasteiger partial charge on any atom is 0.516 e. The highest BCUT2D eigenvalue weighted by molar-refractivity contribution is 6.30. The van der Waals surface area contributed by atoms with Crippen LogP contribution in [0.1, 0.15) is 69.6 Å². The number of aliphatic hydroxyl groups excluding tert-OH is 1. The van der Waals surface area contributed by atoms with E-state index in [0.717, 1.165) is 24.2 Å². The van der Waals surface area contributed by atoms with E-state index in [2.05, 4.69) is 10.2 Å². The predicted octanol–water partition coefficient (Wildman–Crippen LogP) is 4.42. The smallest absolute Gasteiger partial charge is 0.482 e. The first-order chi connectivity index (χ1) is 21.0. The maximum atomic E-state index is 13.7. The van der Waals surface area contributed by atoms with E-state index in [-0.39, 0.29) is 23.9 Å². The fourth-order valence-corrected chi connectivity index (χ4v) is 9.30. The Bertz CT molecular complexity index is 1510. The minimum absolute atomic E-state index is 0.0372.